The van der Waals surface area contributed by atoms with Gasteiger partial charge in [0, 0.05) is 19.2 Å². The molecule has 0 amide bonds. The number of aromatic nitrogens is 2. The molecule has 0 bridgehead atoms. The molecule has 9 heteroatoms. The van der Waals surface area contributed by atoms with Gasteiger partial charge in [0.2, 0.25) is 0 Å². The molecule has 0 radical (unpaired) electrons. The molecule has 23 heavy (non-hydrogen) atoms. The molecule has 1 aliphatic rings. The van der Waals surface area contributed by atoms with Crippen LogP contribution in [0, 0.1) is 5.82 Å². The Hall–Kier alpha value is -2.42. The predicted molar refractivity (Wildman–Crippen MR) is 79.4 cm³/mol. The van der Waals surface area contributed by atoms with Crippen molar-refractivity contribution >= 4 is 21.7 Å². The van der Waals surface area contributed by atoms with Crippen LogP contribution >= 0.6 is 0 Å². The second-order valence-corrected chi connectivity index (χ2v) is 7.08. The van der Waals surface area contributed by atoms with Gasteiger partial charge in [-0.3, -0.25) is 9.40 Å². The minimum atomic E-state index is -4.17. The van der Waals surface area contributed by atoms with Crippen molar-refractivity contribution in [3.05, 3.63) is 41.5 Å². The van der Waals surface area contributed by atoms with Gasteiger partial charge in [0.05, 0.1) is 16.9 Å². The van der Waals surface area contributed by atoms with Gasteiger partial charge in [0.15, 0.2) is 0 Å². The highest BCUT2D eigenvalue weighted by Gasteiger charge is 2.31. The summed E-state index contributed by atoms with van der Waals surface area (Å²) in [6.45, 7) is 0. The summed E-state index contributed by atoms with van der Waals surface area (Å²) in [6, 6.07) is 2.67. The van der Waals surface area contributed by atoms with Gasteiger partial charge in [-0.2, -0.15) is 5.10 Å². The van der Waals surface area contributed by atoms with E-state index in [2.05, 4.69) is 9.82 Å². The molecule has 1 fully saturated rings. The normalized spacial score (nSPS) is 14.7. The van der Waals surface area contributed by atoms with Crippen LogP contribution in [0.4, 0.5) is 10.1 Å². The number of aromatic carboxylic acids is 1. The largest absolute Gasteiger partial charge is 0.478 e. The number of carboxylic acid groups (broad SMARTS) is 1. The van der Waals surface area contributed by atoms with Crippen molar-refractivity contribution in [2.75, 3.05) is 4.72 Å². The van der Waals surface area contributed by atoms with Crippen LogP contribution in [-0.2, 0) is 17.1 Å². The van der Waals surface area contributed by atoms with Crippen LogP contribution in [0.1, 0.15) is 34.8 Å². The summed E-state index contributed by atoms with van der Waals surface area (Å²) in [7, 11) is -2.50. The zero-order valence-corrected chi connectivity index (χ0v) is 13.0. The van der Waals surface area contributed by atoms with Crippen LogP contribution in [0.2, 0.25) is 0 Å². The van der Waals surface area contributed by atoms with E-state index < -0.39 is 26.7 Å². The zero-order chi connectivity index (χ0) is 16.8. The maximum atomic E-state index is 14.0. The van der Waals surface area contributed by atoms with Crippen LogP contribution in [0.15, 0.2) is 29.3 Å². The monoisotopic (exact) mass is 339 g/mol. The number of halogens is 1. The molecule has 0 spiro atoms. The molecule has 0 aliphatic heterocycles. The fourth-order valence-corrected chi connectivity index (χ4v) is 3.41. The molecule has 1 aromatic carbocycles. The number of benzene rings is 1. The highest BCUT2D eigenvalue weighted by atomic mass is 32.2. The number of nitrogens with zero attached hydrogens (tertiary/aromatic N) is 2. The number of sulfonamides is 1. The van der Waals surface area contributed by atoms with Gasteiger partial charge in [-0.05, 0) is 31.0 Å². The average molecular weight is 339 g/mol. The Bertz CT molecular complexity index is 887. The van der Waals surface area contributed by atoms with Gasteiger partial charge >= 0.3 is 5.97 Å². The Balaban J connectivity index is 1.95. The summed E-state index contributed by atoms with van der Waals surface area (Å²) >= 11 is 0. The molecule has 1 heterocycles. The number of hydrogen-bond donors (Lipinski definition) is 2. The molecule has 2 aromatic rings. The van der Waals surface area contributed by atoms with E-state index in [0.717, 1.165) is 25.0 Å². The van der Waals surface area contributed by atoms with Crippen molar-refractivity contribution in [3.63, 3.8) is 0 Å². The summed E-state index contributed by atoms with van der Waals surface area (Å²) in [5, 5.41) is 13.0. The number of carboxylic acids is 1. The lowest BCUT2D eigenvalue weighted by molar-refractivity contribution is 0.0696. The first kappa shape index (κ1) is 15.5. The van der Waals surface area contributed by atoms with Gasteiger partial charge in [0.25, 0.3) is 10.0 Å². The van der Waals surface area contributed by atoms with Crippen molar-refractivity contribution in [1.82, 2.24) is 9.78 Å². The second-order valence-electron chi connectivity index (χ2n) is 5.43. The van der Waals surface area contributed by atoms with Crippen LogP contribution in [0.3, 0.4) is 0 Å². The van der Waals surface area contributed by atoms with Crippen molar-refractivity contribution in [2.45, 2.75) is 23.7 Å². The molecular formula is C14H14FN3O4S. The lowest BCUT2D eigenvalue weighted by atomic mass is 10.2. The molecule has 1 aromatic heterocycles. The maximum Gasteiger partial charge on any atom is 0.335 e. The number of nitrogens with one attached hydrogen (secondary N) is 1. The van der Waals surface area contributed by atoms with E-state index in [9.17, 15) is 17.6 Å². The van der Waals surface area contributed by atoms with Crippen LogP contribution in [-0.4, -0.2) is 29.3 Å². The number of carbonyl (C=O) groups is 1. The summed E-state index contributed by atoms with van der Waals surface area (Å²) < 4.78 is 42.6. The lowest BCUT2D eigenvalue weighted by Gasteiger charge is -2.09. The summed E-state index contributed by atoms with van der Waals surface area (Å²) in [4.78, 5) is 10.2. The summed E-state index contributed by atoms with van der Waals surface area (Å²) in [5.41, 5.74) is 0.636. The first-order chi connectivity index (χ1) is 10.8. The number of anilines is 1. The number of aryl methyl sites for hydroxylation is 1. The van der Waals surface area contributed by atoms with Crippen molar-refractivity contribution in [1.29, 1.82) is 0 Å². The van der Waals surface area contributed by atoms with Crippen LogP contribution < -0.4 is 4.72 Å². The van der Waals surface area contributed by atoms with E-state index in [4.69, 9.17) is 5.11 Å². The minimum absolute atomic E-state index is 0.216. The van der Waals surface area contributed by atoms with Crippen LogP contribution in [0.5, 0.6) is 0 Å². The Morgan fingerprint density at radius 2 is 2.13 bits per heavy atom. The maximum absolute atomic E-state index is 14.0. The Kier molecular flexibility index (Phi) is 3.59. The van der Waals surface area contributed by atoms with Gasteiger partial charge in [-0.15, -0.1) is 0 Å². The first-order valence-electron chi connectivity index (χ1n) is 6.87. The van der Waals surface area contributed by atoms with E-state index in [-0.39, 0.29) is 11.5 Å². The second kappa shape index (κ2) is 5.34. The average Bonchev–Trinajstić information content (AvgIpc) is 3.22. The quantitative estimate of drug-likeness (QED) is 0.867. The van der Waals surface area contributed by atoms with E-state index >= 15 is 0 Å². The summed E-state index contributed by atoms with van der Waals surface area (Å²) in [5.74, 6) is -2.23. The topological polar surface area (TPSA) is 101 Å². The number of rotatable bonds is 5. The zero-order valence-electron chi connectivity index (χ0n) is 12.2. The molecule has 0 saturated heterocycles. The molecule has 3 rings (SSSR count). The SMILES string of the molecule is Cn1cc(NS(=O)(=O)c2ccc(C(=O)O)cc2F)c(C2CC2)n1. The third-order valence-corrected chi connectivity index (χ3v) is 4.93. The Labute approximate surface area is 131 Å². The highest BCUT2D eigenvalue weighted by molar-refractivity contribution is 7.92. The lowest BCUT2D eigenvalue weighted by Crippen LogP contribution is -2.15. The van der Waals surface area contributed by atoms with Gasteiger partial charge in [0.1, 0.15) is 10.7 Å². The molecule has 1 aliphatic carbocycles. The van der Waals surface area contributed by atoms with E-state index in [1.54, 1.807) is 7.05 Å². The Morgan fingerprint density at radius 1 is 1.43 bits per heavy atom. The van der Waals surface area contributed by atoms with E-state index in [1.807, 2.05) is 0 Å². The molecule has 122 valence electrons. The van der Waals surface area contributed by atoms with Crippen molar-refractivity contribution in [2.24, 2.45) is 7.05 Å². The molecule has 1 saturated carbocycles. The third-order valence-electron chi connectivity index (χ3n) is 3.53. The smallest absolute Gasteiger partial charge is 0.335 e. The van der Waals surface area contributed by atoms with E-state index in [1.165, 1.54) is 10.9 Å². The molecule has 7 nitrogen and oxygen atoms in total. The van der Waals surface area contributed by atoms with Crippen molar-refractivity contribution in [3.8, 4) is 0 Å². The predicted octanol–water partition coefficient (Wildman–Crippen LogP) is 1.94. The van der Waals surface area contributed by atoms with Gasteiger partial charge in [-0.1, -0.05) is 0 Å². The standard InChI is InChI=1S/C14H14FN3O4S/c1-18-7-11(13(16-18)8-2-3-8)17-23(21,22)12-5-4-9(14(19)20)6-10(12)15/h4-8,17H,2-3H2,1H3,(H,19,20). The highest BCUT2D eigenvalue weighted by Crippen LogP contribution is 2.42. The van der Waals surface area contributed by atoms with Crippen LogP contribution in [0.25, 0.3) is 0 Å². The first-order valence-corrected chi connectivity index (χ1v) is 8.35. The fraction of sp³-hybridized carbons (Fsp3) is 0.286. The molecular weight excluding hydrogens is 325 g/mol. The molecule has 0 unspecified atom stereocenters. The minimum Gasteiger partial charge on any atom is -0.478 e. The van der Waals surface area contributed by atoms with Gasteiger partial charge in [-0.25, -0.2) is 17.6 Å². The fourth-order valence-electron chi connectivity index (χ4n) is 2.29. The van der Waals surface area contributed by atoms with E-state index in [0.29, 0.717) is 17.4 Å². The third kappa shape index (κ3) is 3.04. The molecule has 2 N–H and O–H groups in total. The van der Waals surface area contributed by atoms with Gasteiger partial charge < -0.3 is 5.11 Å². The molecule has 0 atom stereocenters. The van der Waals surface area contributed by atoms with Crippen molar-refractivity contribution < 1.29 is 22.7 Å². The number of hydrogen-bond acceptors (Lipinski definition) is 4. The summed E-state index contributed by atoms with van der Waals surface area (Å²) in [6.07, 6.45) is 3.40. The Morgan fingerprint density at radius 3 is 2.70 bits per heavy atom.